The van der Waals surface area contributed by atoms with Crippen LogP contribution in [0, 0.1) is 5.82 Å². The third-order valence-corrected chi connectivity index (χ3v) is 7.02. The van der Waals surface area contributed by atoms with Gasteiger partial charge in [0.15, 0.2) is 0 Å². The smallest absolute Gasteiger partial charge is 0.251 e. The molecule has 6 rings (SSSR count). The largest absolute Gasteiger partial charge is 0.349 e. The molecule has 5 aromatic rings. The highest BCUT2D eigenvalue weighted by molar-refractivity contribution is 6.00. The van der Waals surface area contributed by atoms with Gasteiger partial charge in [-0.15, -0.1) is 0 Å². The Balaban J connectivity index is 1.71. The average molecular weight is 488 g/mol. The summed E-state index contributed by atoms with van der Waals surface area (Å²) in [6.45, 7) is 3.96. The first-order valence-electron chi connectivity index (χ1n) is 12.5. The molecule has 1 aromatic heterocycles. The number of carbonyl (C=O) groups is 1. The van der Waals surface area contributed by atoms with Gasteiger partial charge < -0.3 is 5.32 Å². The van der Waals surface area contributed by atoms with Gasteiger partial charge in [-0.3, -0.25) is 4.79 Å². The van der Waals surface area contributed by atoms with Crippen LogP contribution in [0.15, 0.2) is 110 Å². The van der Waals surface area contributed by atoms with E-state index in [1.807, 2.05) is 91.0 Å². The van der Waals surface area contributed by atoms with E-state index in [-0.39, 0.29) is 17.5 Å². The minimum atomic E-state index is -0.984. The number of fused-ring (bicyclic) bond motifs is 1. The summed E-state index contributed by atoms with van der Waals surface area (Å²) >= 11 is 0. The van der Waals surface area contributed by atoms with E-state index < -0.39 is 11.4 Å². The summed E-state index contributed by atoms with van der Waals surface area (Å²) in [7, 11) is 0. The highest BCUT2D eigenvalue weighted by Crippen LogP contribution is 2.43. The lowest BCUT2D eigenvalue weighted by Crippen LogP contribution is -2.38. The van der Waals surface area contributed by atoms with Gasteiger partial charge in [-0.2, -0.15) is 5.10 Å². The van der Waals surface area contributed by atoms with E-state index in [4.69, 9.17) is 5.10 Å². The highest BCUT2D eigenvalue weighted by atomic mass is 19.1. The van der Waals surface area contributed by atoms with E-state index in [9.17, 15) is 4.79 Å². The highest BCUT2D eigenvalue weighted by Gasteiger charge is 2.41. The zero-order valence-corrected chi connectivity index (χ0v) is 20.3. The van der Waals surface area contributed by atoms with Gasteiger partial charge in [-0.25, -0.2) is 9.07 Å². The van der Waals surface area contributed by atoms with Crippen molar-refractivity contribution in [1.82, 2.24) is 15.1 Å². The summed E-state index contributed by atoms with van der Waals surface area (Å²) in [6.07, 6.45) is 3.53. The van der Waals surface area contributed by atoms with Crippen LogP contribution in [-0.4, -0.2) is 21.7 Å². The molecule has 37 heavy (non-hydrogen) atoms. The van der Waals surface area contributed by atoms with Gasteiger partial charge in [-0.1, -0.05) is 97.6 Å². The Labute approximate surface area is 215 Å². The Morgan fingerprint density at radius 3 is 1.86 bits per heavy atom. The molecule has 1 saturated carbocycles. The molecule has 1 fully saturated rings. The molecule has 0 radical (unpaired) electrons. The number of aromatic nitrogens is 2. The van der Waals surface area contributed by atoms with Crippen LogP contribution in [0.3, 0.4) is 0 Å². The Kier molecular flexibility index (Phi) is 5.68. The van der Waals surface area contributed by atoms with Crippen LogP contribution >= 0.6 is 0 Å². The minimum absolute atomic E-state index is 0.176. The van der Waals surface area contributed by atoms with Crippen LogP contribution in [-0.2, 0) is 5.54 Å². The summed E-state index contributed by atoms with van der Waals surface area (Å²) in [5.41, 5.74) is 2.93. The van der Waals surface area contributed by atoms with Gasteiger partial charge in [0, 0.05) is 17.0 Å². The van der Waals surface area contributed by atoms with E-state index in [0.29, 0.717) is 16.6 Å². The summed E-state index contributed by atoms with van der Waals surface area (Å²) in [6, 6.07) is 33.2. The van der Waals surface area contributed by atoms with Crippen LogP contribution in [0.5, 0.6) is 0 Å². The predicted octanol–water partition coefficient (Wildman–Crippen LogP) is 6.55. The quantitative estimate of drug-likeness (QED) is 0.265. The van der Waals surface area contributed by atoms with Crippen LogP contribution in [0.2, 0.25) is 0 Å². The lowest BCUT2D eigenvalue weighted by atomic mass is 9.77. The molecule has 1 aliphatic rings. The zero-order valence-electron chi connectivity index (χ0n) is 20.3. The Morgan fingerprint density at radius 1 is 0.892 bits per heavy atom. The van der Waals surface area contributed by atoms with E-state index in [0.717, 1.165) is 29.5 Å². The van der Waals surface area contributed by atoms with Crippen molar-refractivity contribution in [2.75, 3.05) is 0 Å². The Morgan fingerprint density at radius 2 is 1.41 bits per heavy atom. The number of nitrogens with one attached hydrogen (secondary N) is 1. The fourth-order valence-corrected chi connectivity index (χ4v) is 5.15. The standard InChI is InChI=1S/C32H26FN3O/c1-2-29-27-20-22(31(37)34-26-18-19-26)21-28(33)30(27)36(35-29)32(23-12-6-3-7-13-23,24-14-8-4-9-15-24)25-16-10-5-11-17-25/h2-17,20-21,26H,1,18-19H2,(H,34,37). The van der Waals surface area contributed by atoms with Gasteiger partial charge in [0.1, 0.15) is 16.9 Å². The van der Waals surface area contributed by atoms with E-state index in [1.54, 1.807) is 16.8 Å². The fourth-order valence-electron chi connectivity index (χ4n) is 5.15. The lowest BCUT2D eigenvalue weighted by molar-refractivity contribution is 0.0951. The Bertz CT molecular complexity index is 1490. The molecule has 1 amide bonds. The summed E-state index contributed by atoms with van der Waals surface area (Å²) in [4.78, 5) is 12.8. The molecule has 5 heteroatoms. The van der Waals surface area contributed by atoms with Crippen molar-refractivity contribution in [2.45, 2.75) is 24.4 Å². The maximum Gasteiger partial charge on any atom is 0.251 e. The number of benzene rings is 4. The van der Waals surface area contributed by atoms with E-state index in [2.05, 4.69) is 11.9 Å². The summed E-state index contributed by atoms with van der Waals surface area (Å²) in [5.74, 6) is -0.780. The fraction of sp³-hybridized carbons (Fsp3) is 0.125. The number of halogens is 1. The van der Waals surface area contributed by atoms with Crippen molar-refractivity contribution >= 4 is 22.9 Å². The van der Waals surface area contributed by atoms with Crippen molar-refractivity contribution in [3.63, 3.8) is 0 Å². The maximum atomic E-state index is 16.2. The second kappa shape index (κ2) is 9.17. The van der Waals surface area contributed by atoms with Crippen molar-refractivity contribution in [3.05, 3.63) is 143 Å². The molecule has 0 aliphatic heterocycles. The molecule has 182 valence electrons. The number of amides is 1. The number of hydrogen-bond donors (Lipinski definition) is 1. The molecule has 0 spiro atoms. The number of nitrogens with zero attached hydrogens (tertiary/aromatic N) is 2. The number of carbonyl (C=O) groups excluding carboxylic acids is 1. The van der Waals surface area contributed by atoms with Crippen molar-refractivity contribution in [2.24, 2.45) is 0 Å². The summed E-state index contributed by atoms with van der Waals surface area (Å²) in [5, 5.41) is 8.47. The third-order valence-electron chi connectivity index (χ3n) is 7.02. The van der Waals surface area contributed by atoms with E-state index >= 15 is 4.39 Å². The van der Waals surface area contributed by atoms with Crippen molar-refractivity contribution < 1.29 is 9.18 Å². The molecular weight excluding hydrogens is 461 g/mol. The number of rotatable bonds is 7. The minimum Gasteiger partial charge on any atom is -0.349 e. The Hall–Kier alpha value is -4.51. The first kappa shape index (κ1) is 22.9. The molecule has 0 saturated heterocycles. The second-order valence-corrected chi connectivity index (χ2v) is 9.41. The SMILES string of the molecule is C=Cc1nn(C(c2ccccc2)(c2ccccc2)c2ccccc2)c2c(F)cc(C(=O)NC3CC3)cc12. The molecule has 4 nitrogen and oxygen atoms in total. The second-order valence-electron chi connectivity index (χ2n) is 9.41. The molecule has 0 bridgehead atoms. The molecule has 4 aromatic carbocycles. The average Bonchev–Trinajstić information content (AvgIpc) is 3.68. The van der Waals surface area contributed by atoms with Crippen LogP contribution in [0.25, 0.3) is 17.0 Å². The monoisotopic (exact) mass is 487 g/mol. The summed E-state index contributed by atoms with van der Waals surface area (Å²) < 4.78 is 17.9. The van der Waals surface area contributed by atoms with Gasteiger partial charge in [-0.05, 0) is 47.7 Å². The molecule has 1 N–H and O–H groups in total. The van der Waals surface area contributed by atoms with Gasteiger partial charge >= 0.3 is 0 Å². The molecular formula is C32H26FN3O. The molecule has 0 unspecified atom stereocenters. The molecule has 0 atom stereocenters. The van der Waals surface area contributed by atoms with Crippen LogP contribution in [0.4, 0.5) is 4.39 Å². The normalized spacial score (nSPS) is 13.4. The molecule has 1 aliphatic carbocycles. The first-order valence-corrected chi connectivity index (χ1v) is 12.5. The predicted molar refractivity (Wildman–Crippen MR) is 145 cm³/mol. The third kappa shape index (κ3) is 3.84. The molecule has 1 heterocycles. The van der Waals surface area contributed by atoms with Crippen LogP contribution < -0.4 is 5.32 Å². The first-order chi connectivity index (χ1) is 18.1. The number of hydrogen-bond acceptors (Lipinski definition) is 2. The maximum absolute atomic E-state index is 16.2. The van der Waals surface area contributed by atoms with Gasteiger partial charge in [0.2, 0.25) is 0 Å². The van der Waals surface area contributed by atoms with Crippen LogP contribution in [0.1, 0.15) is 45.6 Å². The lowest BCUT2D eigenvalue weighted by Gasteiger charge is -2.37. The van der Waals surface area contributed by atoms with Gasteiger partial charge in [0.05, 0.1) is 5.69 Å². The van der Waals surface area contributed by atoms with Crippen molar-refractivity contribution in [3.8, 4) is 0 Å². The topological polar surface area (TPSA) is 46.9 Å². The van der Waals surface area contributed by atoms with Crippen molar-refractivity contribution in [1.29, 1.82) is 0 Å². The van der Waals surface area contributed by atoms with E-state index in [1.165, 1.54) is 6.07 Å². The zero-order chi connectivity index (χ0) is 25.4. The van der Waals surface area contributed by atoms with Gasteiger partial charge in [0.25, 0.3) is 5.91 Å².